The Balaban J connectivity index is 2.28. The first-order chi connectivity index (χ1) is 8.60. The summed E-state index contributed by atoms with van der Waals surface area (Å²) in [5.74, 6) is 0.722. The molecule has 2 aromatic rings. The maximum atomic E-state index is 6.13. The highest BCUT2D eigenvalue weighted by molar-refractivity contribution is 9.10. The van der Waals surface area contributed by atoms with Crippen LogP contribution in [0.2, 0.25) is 5.02 Å². The van der Waals surface area contributed by atoms with Crippen LogP contribution in [0.15, 0.2) is 40.9 Å². The first kappa shape index (κ1) is 13.1. The number of nitrogens with two attached hydrogens (primary N) is 1. The van der Waals surface area contributed by atoms with Gasteiger partial charge in [-0.05, 0) is 30.3 Å². The zero-order valence-corrected chi connectivity index (χ0v) is 12.0. The van der Waals surface area contributed by atoms with Crippen LogP contribution in [0.25, 0.3) is 0 Å². The molecule has 0 aliphatic rings. The smallest absolute Gasteiger partial charge is 0.121 e. The molecule has 2 rings (SSSR count). The lowest BCUT2D eigenvalue weighted by Crippen LogP contribution is -1.97. The lowest BCUT2D eigenvalue weighted by Gasteiger charge is -2.12. The first-order valence-electron chi connectivity index (χ1n) is 5.26. The summed E-state index contributed by atoms with van der Waals surface area (Å²) in [6.07, 6.45) is 0. The average molecular weight is 328 g/mol. The number of hydrogen-bond donors (Lipinski definition) is 2. The molecule has 0 saturated heterocycles. The van der Waals surface area contributed by atoms with Gasteiger partial charge in [-0.25, -0.2) is 0 Å². The Bertz CT molecular complexity index is 575. The van der Waals surface area contributed by atoms with Gasteiger partial charge in [0, 0.05) is 10.5 Å². The summed E-state index contributed by atoms with van der Waals surface area (Å²) in [7, 11) is 1.60. The molecule has 0 fully saturated rings. The molecule has 0 unspecified atom stereocenters. The van der Waals surface area contributed by atoms with E-state index < -0.39 is 0 Å². The van der Waals surface area contributed by atoms with Crippen molar-refractivity contribution in [1.29, 1.82) is 0 Å². The maximum Gasteiger partial charge on any atom is 0.121 e. The van der Waals surface area contributed by atoms with Gasteiger partial charge in [0.15, 0.2) is 0 Å². The van der Waals surface area contributed by atoms with Gasteiger partial charge in [0.1, 0.15) is 5.75 Å². The molecule has 0 radical (unpaired) electrons. The van der Waals surface area contributed by atoms with Crippen molar-refractivity contribution in [1.82, 2.24) is 0 Å². The van der Waals surface area contributed by atoms with Crippen molar-refractivity contribution in [2.24, 2.45) is 0 Å². The molecule has 18 heavy (non-hydrogen) atoms. The summed E-state index contributed by atoms with van der Waals surface area (Å²) in [6, 6.07) is 11.1. The van der Waals surface area contributed by atoms with Crippen LogP contribution in [0.4, 0.5) is 17.1 Å². The fourth-order valence-corrected chi connectivity index (χ4v) is 2.24. The fourth-order valence-electron chi connectivity index (χ4n) is 1.52. The lowest BCUT2D eigenvalue weighted by atomic mass is 10.2. The number of nitrogen functional groups attached to an aromatic ring is 1. The molecule has 5 heteroatoms. The number of hydrogen-bond acceptors (Lipinski definition) is 3. The molecule has 2 aromatic carbocycles. The minimum atomic E-state index is 0.605. The van der Waals surface area contributed by atoms with Crippen LogP contribution >= 0.6 is 27.5 Å². The van der Waals surface area contributed by atoms with E-state index >= 15 is 0 Å². The van der Waals surface area contributed by atoms with Gasteiger partial charge in [-0.3, -0.25) is 0 Å². The summed E-state index contributed by atoms with van der Waals surface area (Å²) in [6.45, 7) is 0. The quantitative estimate of drug-likeness (QED) is 0.819. The molecule has 94 valence electrons. The van der Waals surface area contributed by atoms with E-state index in [2.05, 4.69) is 21.2 Å². The van der Waals surface area contributed by atoms with E-state index in [0.29, 0.717) is 10.7 Å². The van der Waals surface area contributed by atoms with Crippen LogP contribution in [0.3, 0.4) is 0 Å². The second-order valence-electron chi connectivity index (χ2n) is 3.70. The normalized spacial score (nSPS) is 10.2. The van der Waals surface area contributed by atoms with Gasteiger partial charge in [0.05, 0.1) is 29.2 Å². The number of halogens is 2. The Morgan fingerprint density at radius 3 is 2.50 bits per heavy atom. The maximum absolute atomic E-state index is 6.13. The van der Waals surface area contributed by atoms with Gasteiger partial charge in [-0.1, -0.05) is 27.5 Å². The summed E-state index contributed by atoms with van der Waals surface area (Å²) >= 11 is 9.49. The van der Waals surface area contributed by atoms with E-state index in [9.17, 15) is 0 Å². The highest BCUT2D eigenvalue weighted by atomic mass is 79.9. The number of anilines is 3. The zero-order valence-electron chi connectivity index (χ0n) is 9.71. The van der Waals surface area contributed by atoms with Crippen molar-refractivity contribution in [3.63, 3.8) is 0 Å². The predicted molar refractivity (Wildman–Crippen MR) is 79.8 cm³/mol. The molecule has 0 atom stereocenters. The molecule has 0 aliphatic carbocycles. The summed E-state index contributed by atoms with van der Waals surface area (Å²) in [4.78, 5) is 0. The third-order valence-corrected chi connectivity index (χ3v) is 3.27. The number of ether oxygens (including phenoxy) is 1. The van der Waals surface area contributed by atoms with Crippen molar-refractivity contribution in [3.8, 4) is 5.75 Å². The standard InChI is InChI=1S/C13H12BrClN2O/c1-18-9-3-5-13(11(16)7-9)17-12-4-2-8(14)6-10(12)15/h2-7,17H,16H2,1H3. The van der Waals surface area contributed by atoms with E-state index in [4.69, 9.17) is 22.1 Å². The van der Waals surface area contributed by atoms with Gasteiger partial charge in [0.2, 0.25) is 0 Å². The van der Waals surface area contributed by atoms with Crippen LogP contribution in [-0.4, -0.2) is 7.11 Å². The van der Waals surface area contributed by atoms with Crippen LogP contribution in [-0.2, 0) is 0 Å². The summed E-state index contributed by atoms with van der Waals surface area (Å²) in [5.41, 5.74) is 8.13. The minimum Gasteiger partial charge on any atom is -0.497 e. The Kier molecular flexibility index (Phi) is 3.99. The molecular weight excluding hydrogens is 316 g/mol. The summed E-state index contributed by atoms with van der Waals surface area (Å²) < 4.78 is 6.03. The Labute approximate surface area is 119 Å². The SMILES string of the molecule is COc1ccc(Nc2ccc(Br)cc2Cl)c(N)c1. The number of nitrogens with one attached hydrogen (secondary N) is 1. The van der Waals surface area contributed by atoms with Crippen LogP contribution in [0, 0.1) is 0 Å². The van der Waals surface area contributed by atoms with E-state index in [-0.39, 0.29) is 0 Å². The zero-order chi connectivity index (χ0) is 13.1. The molecular formula is C13H12BrClN2O. The number of rotatable bonds is 3. The van der Waals surface area contributed by atoms with Gasteiger partial charge < -0.3 is 15.8 Å². The van der Waals surface area contributed by atoms with Crippen LogP contribution < -0.4 is 15.8 Å². The van der Waals surface area contributed by atoms with E-state index in [1.807, 2.05) is 30.3 Å². The van der Waals surface area contributed by atoms with Crippen LogP contribution in [0.5, 0.6) is 5.75 Å². The Hall–Kier alpha value is -1.39. The van der Waals surface area contributed by atoms with Crippen molar-refractivity contribution >= 4 is 44.6 Å². The molecule has 0 aromatic heterocycles. The highest BCUT2D eigenvalue weighted by Crippen LogP contribution is 2.32. The van der Waals surface area contributed by atoms with E-state index in [1.54, 1.807) is 13.2 Å². The Morgan fingerprint density at radius 1 is 1.17 bits per heavy atom. The molecule has 0 bridgehead atoms. The fraction of sp³-hybridized carbons (Fsp3) is 0.0769. The van der Waals surface area contributed by atoms with Crippen LogP contribution in [0.1, 0.15) is 0 Å². The molecule has 0 saturated carbocycles. The van der Waals surface area contributed by atoms with Gasteiger partial charge in [-0.2, -0.15) is 0 Å². The highest BCUT2D eigenvalue weighted by Gasteiger charge is 2.05. The third-order valence-electron chi connectivity index (χ3n) is 2.46. The van der Waals surface area contributed by atoms with E-state index in [1.165, 1.54) is 0 Å². The molecule has 3 nitrogen and oxygen atoms in total. The minimum absolute atomic E-state index is 0.605. The molecule has 0 aliphatic heterocycles. The predicted octanol–water partition coefficient (Wildman–Crippen LogP) is 4.44. The van der Waals surface area contributed by atoms with Gasteiger partial charge in [-0.15, -0.1) is 0 Å². The van der Waals surface area contributed by atoms with Gasteiger partial charge >= 0.3 is 0 Å². The molecule has 0 amide bonds. The second-order valence-corrected chi connectivity index (χ2v) is 5.03. The monoisotopic (exact) mass is 326 g/mol. The van der Waals surface area contributed by atoms with Gasteiger partial charge in [0.25, 0.3) is 0 Å². The van der Waals surface area contributed by atoms with E-state index in [0.717, 1.165) is 21.6 Å². The topological polar surface area (TPSA) is 47.3 Å². The summed E-state index contributed by atoms with van der Waals surface area (Å²) in [5, 5.41) is 3.81. The lowest BCUT2D eigenvalue weighted by molar-refractivity contribution is 0.415. The average Bonchev–Trinajstić information content (AvgIpc) is 2.34. The molecule has 0 spiro atoms. The third kappa shape index (κ3) is 2.89. The number of methoxy groups -OCH3 is 1. The second kappa shape index (κ2) is 5.50. The number of benzene rings is 2. The van der Waals surface area contributed by atoms with Crippen molar-refractivity contribution < 1.29 is 4.74 Å². The largest absolute Gasteiger partial charge is 0.497 e. The van der Waals surface area contributed by atoms with Crippen molar-refractivity contribution in [2.75, 3.05) is 18.2 Å². The first-order valence-corrected chi connectivity index (χ1v) is 6.43. The molecule has 0 heterocycles. The Morgan fingerprint density at radius 2 is 1.89 bits per heavy atom. The van der Waals surface area contributed by atoms with Crippen molar-refractivity contribution in [2.45, 2.75) is 0 Å². The molecule has 3 N–H and O–H groups in total. The van der Waals surface area contributed by atoms with Crippen molar-refractivity contribution in [3.05, 3.63) is 45.9 Å².